The highest BCUT2D eigenvalue weighted by Crippen LogP contribution is 2.33. The molecule has 3 rings (SSSR count). The van der Waals surface area contributed by atoms with Gasteiger partial charge >= 0.3 is 5.97 Å². The lowest BCUT2D eigenvalue weighted by molar-refractivity contribution is -0.159. The molecule has 1 N–H and O–H groups in total. The number of rotatable bonds is 3. The van der Waals surface area contributed by atoms with Gasteiger partial charge < -0.3 is 19.6 Å². The van der Waals surface area contributed by atoms with Crippen LogP contribution in [0.15, 0.2) is 24.3 Å². The van der Waals surface area contributed by atoms with E-state index in [-0.39, 0.29) is 37.4 Å². The van der Waals surface area contributed by atoms with Gasteiger partial charge in [-0.3, -0.25) is 9.59 Å². The summed E-state index contributed by atoms with van der Waals surface area (Å²) >= 11 is 0. The number of morpholine rings is 1. The first-order chi connectivity index (χ1) is 12.0. The third-order valence-electron chi connectivity index (χ3n) is 4.92. The molecule has 0 aliphatic carbocycles. The van der Waals surface area contributed by atoms with E-state index in [1.54, 1.807) is 4.90 Å². The van der Waals surface area contributed by atoms with Gasteiger partial charge in [-0.15, -0.1) is 0 Å². The predicted octanol–water partition coefficient (Wildman–Crippen LogP) is 0.834. The van der Waals surface area contributed by atoms with E-state index in [0.717, 1.165) is 17.5 Å². The Morgan fingerprint density at radius 3 is 2.68 bits per heavy atom. The summed E-state index contributed by atoms with van der Waals surface area (Å²) < 4.78 is 5.19. The summed E-state index contributed by atoms with van der Waals surface area (Å²) in [5, 5.41) is 9.32. The van der Waals surface area contributed by atoms with Crippen LogP contribution in [0, 0.1) is 0 Å². The number of hydrogen-bond donors (Lipinski definition) is 1. The fraction of sp³-hybridized carbons (Fsp3) is 0.500. The van der Waals surface area contributed by atoms with Crippen LogP contribution in [-0.2, 0) is 25.5 Å². The summed E-state index contributed by atoms with van der Waals surface area (Å²) in [6, 6.07) is 6.48. The number of benzene rings is 1. The SMILES string of the molecule is CC(=O)N1CCc2ccccc2[C@H]1CC(=O)N1CCOC[C@@H]1C(=O)O. The maximum Gasteiger partial charge on any atom is 0.328 e. The molecular weight excluding hydrogens is 324 g/mol. The van der Waals surface area contributed by atoms with Crippen molar-refractivity contribution in [2.24, 2.45) is 0 Å². The second-order valence-corrected chi connectivity index (χ2v) is 6.40. The molecule has 134 valence electrons. The molecule has 25 heavy (non-hydrogen) atoms. The van der Waals surface area contributed by atoms with Gasteiger partial charge in [-0.05, 0) is 17.5 Å². The molecule has 2 aliphatic heterocycles. The number of fused-ring (bicyclic) bond motifs is 1. The standard InChI is InChI=1S/C18H22N2O5/c1-12(21)19-7-6-13-4-2-3-5-14(13)15(19)10-17(22)20-8-9-25-11-16(20)18(23)24/h2-5,15-16H,6-11H2,1H3,(H,23,24)/t15-,16-/m1/s1. The van der Waals surface area contributed by atoms with Gasteiger partial charge in [0.25, 0.3) is 0 Å². The summed E-state index contributed by atoms with van der Waals surface area (Å²) in [6.45, 7) is 2.64. The number of carbonyl (C=O) groups is 3. The Morgan fingerprint density at radius 1 is 1.20 bits per heavy atom. The summed E-state index contributed by atoms with van der Waals surface area (Å²) in [6.07, 6.45) is 0.843. The van der Waals surface area contributed by atoms with E-state index in [9.17, 15) is 19.5 Å². The Labute approximate surface area is 146 Å². The zero-order valence-corrected chi connectivity index (χ0v) is 14.2. The van der Waals surface area contributed by atoms with E-state index in [0.29, 0.717) is 13.2 Å². The molecule has 2 atom stereocenters. The van der Waals surface area contributed by atoms with Crippen LogP contribution in [0.1, 0.15) is 30.5 Å². The van der Waals surface area contributed by atoms with Crippen LogP contribution in [0.25, 0.3) is 0 Å². The van der Waals surface area contributed by atoms with Crippen molar-refractivity contribution < 1.29 is 24.2 Å². The molecule has 1 aromatic rings. The molecule has 0 radical (unpaired) electrons. The molecule has 7 nitrogen and oxygen atoms in total. The minimum Gasteiger partial charge on any atom is -0.480 e. The number of ether oxygens (including phenoxy) is 1. The monoisotopic (exact) mass is 346 g/mol. The first kappa shape index (κ1) is 17.4. The molecule has 2 aliphatic rings. The summed E-state index contributed by atoms with van der Waals surface area (Å²) in [5.41, 5.74) is 2.10. The normalized spacial score (nSPS) is 23.1. The van der Waals surface area contributed by atoms with Crippen molar-refractivity contribution in [2.45, 2.75) is 31.8 Å². The average molecular weight is 346 g/mol. The Bertz CT molecular complexity index is 690. The summed E-state index contributed by atoms with van der Waals surface area (Å²) in [7, 11) is 0. The average Bonchev–Trinajstić information content (AvgIpc) is 2.61. The van der Waals surface area contributed by atoms with Crippen LogP contribution in [0.5, 0.6) is 0 Å². The van der Waals surface area contributed by atoms with Crippen molar-refractivity contribution in [1.82, 2.24) is 9.80 Å². The third-order valence-corrected chi connectivity index (χ3v) is 4.92. The topological polar surface area (TPSA) is 87.2 Å². The molecule has 7 heteroatoms. The highest BCUT2D eigenvalue weighted by atomic mass is 16.5. The van der Waals surface area contributed by atoms with Gasteiger partial charge in [-0.2, -0.15) is 0 Å². The number of carbonyl (C=O) groups excluding carboxylic acids is 2. The van der Waals surface area contributed by atoms with Crippen molar-refractivity contribution in [1.29, 1.82) is 0 Å². The van der Waals surface area contributed by atoms with Crippen molar-refractivity contribution in [2.75, 3.05) is 26.3 Å². The Morgan fingerprint density at radius 2 is 1.96 bits per heavy atom. The molecule has 1 aromatic carbocycles. The van der Waals surface area contributed by atoms with E-state index < -0.39 is 12.0 Å². The highest BCUT2D eigenvalue weighted by Gasteiger charge is 2.36. The molecule has 0 spiro atoms. The minimum atomic E-state index is -1.07. The van der Waals surface area contributed by atoms with Crippen molar-refractivity contribution >= 4 is 17.8 Å². The number of carboxylic acid groups (broad SMARTS) is 1. The van der Waals surface area contributed by atoms with Crippen LogP contribution in [0.4, 0.5) is 0 Å². The van der Waals surface area contributed by atoms with E-state index in [1.165, 1.54) is 11.8 Å². The number of hydrogen-bond acceptors (Lipinski definition) is 4. The lowest BCUT2D eigenvalue weighted by Crippen LogP contribution is -2.53. The fourth-order valence-corrected chi connectivity index (χ4v) is 3.64. The molecule has 1 saturated heterocycles. The van der Waals surface area contributed by atoms with E-state index in [4.69, 9.17) is 4.74 Å². The quantitative estimate of drug-likeness (QED) is 0.876. The van der Waals surface area contributed by atoms with Crippen molar-refractivity contribution in [3.63, 3.8) is 0 Å². The number of amides is 2. The highest BCUT2D eigenvalue weighted by molar-refractivity contribution is 5.85. The van der Waals surface area contributed by atoms with Crippen molar-refractivity contribution in [3.05, 3.63) is 35.4 Å². The zero-order valence-electron chi connectivity index (χ0n) is 14.2. The van der Waals surface area contributed by atoms with Gasteiger partial charge in [-0.25, -0.2) is 4.79 Å². The Kier molecular flexibility index (Phi) is 5.03. The maximum absolute atomic E-state index is 12.8. The first-order valence-corrected chi connectivity index (χ1v) is 8.44. The van der Waals surface area contributed by atoms with Gasteiger partial charge in [-0.1, -0.05) is 24.3 Å². The van der Waals surface area contributed by atoms with Crippen LogP contribution in [0.3, 0.4) is 0 Å². The molecule has 2 amide bonds. The van der Waals surface area contributed by atoms with E-state index in [1.807, 2.05) is 24.3 Å². The van der Waals surface area contributed by atoms with Gasteiger partial charge in [0.15, 0.2) is 6.04 Å². The molecule has 2 heterocycles. The lowest BCUT2D eigenvalue weighted by Gasteiger charge is -2.39. The number of carboxylic acids is 1. The summed E-state index contributed by atoms with van der Waals surface area (Å²) in [4.78, 5) is 39.3. The fourth-order valence-electron chi connectivity index (χ4n) is 3.64. The third kappa shape index (κ3) is 3.51. The van der Waals surface area contributed by atoms with Crippen LogP contribution in [-0.4, -0.2) is 65.0 Å². The molecule has 0 saturated carbocycles. The van der Waals surface area contributed by atoms with Gasteiger partial charge in [0, 0.05) is 20.0 Å². The smallest absolute Gasteiger partial charge is 0.328 e. The molecule has 0 aromatic heterocycles. The van der Waals surface area contributed by atoms with Gasteiger partial charge in [0.2, 0.25) is 11.8 Å². The first-order valence-electron chi connectivity index (χ1n) is 8.44. The molecule has 0 bridgehead atoms. The Balaban J connectivity index is 1.84. The van der Waals surface area contributed by atoms with E-state index in [2.05, 4.69) is 0 Å². The van der Waals surface area contributed by atoms with Crippen molar-refractivity contribution in [3.8, 4) is 0 Å². The maximum atomic E-state index is 12.8. The molecule has 1 fully saturated rings. The molecular formula is C18H22N2O5. The predicted molar refractivity (Wildman–Crippen MR) is 88.8 cm³/mol. The van der Waals surface area contributed by atoms with E-state index >= 15 is 0 Å². The number of aliphatic carboxylic acids is 1. The zero-order chi connectivity index (χ0) is 18.0. The lowest BCUT2D eigenvalue weighted by atomic mass is 9.90. The van der Waals surface area contributed by atoms with Gasteiger partial charge in [0.1, 0.15) is 0 Å². The van der Waals surface area contributed by atoms with Gasteiger partial charge in [0.05, 0.1) is 25.7 Å². The van der Waals surface area contributed by atoms with Crippen LogP contribution in [0.2, 0.25) is 0 Å². The second kappa shape index (κ2) is 7.23. The Hall–Kier alpha value is -2.41. The van der Waals surface area contributed by atoms with Crippen LogP contribution < -0.4 is 0 Å². The molecule has 0 unspecified atom stereocenters. The van der Waals surface area contributed by atoms with Crippen LogP contribution >= 0.6 is 0 Å². The second-order valence-electron chi connectivity index (χ2n) is 6.40. The largest absolute Gasteiger partial charge is 0.480 e. The summed E-state index contributed by atoms with van der Waals surface area (Å²) in [5.74, 6) is -1.41. The minimum absolute atomic E-state index is 0.00124. The number of nitrogens with zero attached hydrogens (tertiary/aromatic N) is 2.